The first-order chi connectivity index (χ1) is 5.16. The van der Waals surface area contributed by atoms with Gasteiger partial charge in [-0.2, -0.15) is 0 Å². The number of methoxy groups -OCH3 is 1. The van der Waals surface area contributed by atoms with Gasteiger partial charge in [0.25, 0.3) is 0 Å². The van der Waals surface area contributed by atoms with E-state index in [1.807, 2.05) is 32.8 Å². The summed E-state index contributed by atoms with van der Waals surface area (Å²) in [4.78, 5) is 12.4. The first-order valence-corrected chi connectivity index (χ1v) is 3.88. The fourth-order valence-electron chi connectivity index (χ4n) is 0.417. The van der Waals surface area contributed by atoms with Crippen LogP contribution in [-0.2, 0) is 9.53 Å². The molecule has 0 amide bonds. The Kier molecular flexibility index (Phi) is 11.2. The van der Waals surface area contributed by atoms with E-state index in [0.717, 1.165) is 6.54 Å². The Labute approximate surface area is 69.3 Å². The third-order valence-electron chi connectivity index (χ3n) is 0.991. The summed E-state index contributed by atoms with van der Waals surface area (Å²) in [5, 5.41) is 0. The van der Waals surface area contributed by atoms with Crippen LogP contribution in [0.5, 0.6) is 0 Å². The van der Waals surface area contributed by atoms with Crippen molar-refractivity contribution in [3.05, 3.63) is 0 Å². The van der Waals surface area contributed by atoms with Gasteiger partial charge in [0.15, 0.2) is 0 Å². The van der Waals surface area contributed by atoms with Gasteiger partial charge in [-0.25, -0.2) is 0 Å². The van der Waals surface area contributed by atoms with E-state index in [1.165, 1.54) is 7.11 Å². The maximum Gasteiger partial charge on any atom is 0.306 e. The number of rotatable bonds is 3. The minimum atomic E-state index is -0.149. The summed E-state index contributed by atoms with van der Waals surface area (Å²) in [5.41, 5.74) is 0. The summed E-state index contributed by atoms with van der Waals surface area (Å²) >= 11 is 0. The maximum absolute atomic E-state index is 10.5. The molecule has 3 nitrogen and oxygen atoms in total. The van der Waals surface area contributed by atoms with Crippen LogP contribution in [0.3, 0.4) is 0 Å². The van der Waals surface area contributed by atoms with Crippen LogP contribution in [0.4, 0.5) is 0 Å². The second kappa shape index (κ2) is 9.43. The minimum Gasteiger partial charge on any atom is -0.469 e. The smallest absolute Gasteiger partial charge is 0.306 e. The van der Waals surface area contributed by atoms with Crippen molar-refractivity contribution >= 4 is 5.97 Å². The zero-order chi connectivity index (χ0) is 9.28. The van der Waals surface area contributed by atoms with Crippen molar-refractivity contribution in [2.24, 2.45) is 0 Å². The molecule has 0 rings (SSSR count). The van der Waals surface area contributed by atoms with Crippen LogP contribution in [0.25, 0.3) is 0 Å². The Morgan fingerprint density at radius 3 is 2.09 bits per heavy atom. The Bertz CT molecular complexity index is 92.1. The molecule has 0 aliphatic carbocycles. The second-order valence-electron chi connectivity index (χ2n) is 2.13. The summed E-state index contributed by atoms with van der Waals surface area (Å²) < 4.78 is 4.43. The van der Waals surface area contributed by atoms with Gasteiger partial charge >= 0.3 is 5.97 Å². The van der Waals surface area contributed by atoms with E-state index in [9.17, 15) is 4.79 Å². The summed E-state index contributed by atoms with van der Waals surface area (Å²) in [6.45, 7) is 4.76. The van der Waals surface area contributed by atoms with Gasteiger partial charge in [0, 0.05) is 6.54 Å². The highest BCUT2D eigenvalue weighted by Gasteiger charge is 1.98. The van der Waals surface area contributed by atoms with E-state index in [1.54, 1.807) is 0 Å². The summed E-state index contributed by atoms with van der Waals surface area (Å²) in [5.74, 6) is -0.149. The lowest BCUT2D eigenvalue weighted by Crippen LogP contribution is -2.17. The van der Waals surface area contributed by atoms with Gasteiger partial charge in [-0.15, -0.1) is 0 Å². The molecule has 68 valence electrons. The maximum atomic E-state index is 10.5. The molecule has 0 spiro atoms. The SMILES string of the molecule is CC.COC(=O)CCN(C)C. The molecule has 0 atom stereocenters. The largest absolute Gasteiger partial charge is 0.469 e. The number of ether oxygens (including phenoxy) is 1. The Hall–Kier alpha value is -0.570. The van der Waals surface area contributed by atoms with Crippen LogP contribution in [0.1, 0.15) is 20.3 Å². The first kappa shape index (κ1) is 13.1. The van der Waals surface area contributed by atoms with Crippen LogP contribution < -0.4 is 0 Å². The summed E-state index contributed by atoms with van der Waals surface area (Å²) in [6, 6.07) is 0. The van der Waals surface area contributed by atoms with E-state index in [-0.39, 0.29) is 5.97 Å². The Balaban J connectivity index is 0. The van der Waals surface area contributed by atoms with E-state index >= 15 is 0 Å². The zero-order valence-corrected chi connectivity index (χ0v) is 8.18. The van der Waals surface area contributed by atoms with Crippen molar-refractivity contribution in [3.8, 4) is 0 Å². The van der Waals surface area contributed by atoms with Crippen LogP contribution in [-0.4, -0.2) is 38.6 Å². The summed E-state index contributed by atoms with van der Waals surface area (Å²) in [6.07, 6.45) is 0.476. The third-order valence-corrected chi connectivity index (χ3v) is 0.991. The van der Waals surface area contributed by atoms with Crippen molar-refractivity contribution in [2.45, 2.75) is 20.3 Å². The molecule has 0 aliphatic heterocycles. The van der Waals surface area contributed by atoms with Crippen molar-refractivity contribution in [3.63, 3.8) is 0 Å². The predicted octanol–water partition coefficient (Wildman–Crippen LogP) is 1.14. The van der Waals surface area contributed by atoms with Gasteiger partial charge in [-0.05, 0) is 14.1 Å². The van der Waals surface area contributed by atoms with Gasteiger partial charge in [0.1, 0.15) is 0 Å². The van der Waals surface area contributed by atoms with Crippen LogP contribution in [0.2, 0.25) is 0 Å². The molecule has 0 saturated heterocycles. The van der Waals surface area contributed by atoms with Gasteiger partial charge in [-0.3, -0.25) is 4.79 Å². The molecule has 0 aromatic rings. The number of carbonyl (C=O) groups is 1. The highest BCUT2D eigenvalue weighted by molar-refractivity contribution is 5.69. The predicted molar refractivity (Wildman–Crippen MR) is 46.5 cm³/mol. The second-order valence-corrected chi connectivity index (χ2v) is 2.13. The lowest BCUT2D eigenvalue weighted by molar-refractivity contribution is -0.140. The Morgan fingerprint density at radius 1 is 1.36 bits per heavy atom. The van der Waals surface area contributed by atoms with Gasteiger partial charge in [-0.1, -0.05) is 13.8 Å². The Morgan fingerprint density at radius 2 is 1.82 bits per heavy atom. The fourth-order valence-corrected chi connectivity index (χ4v) is 0.417. The molecule has 0 aliphatic rings. The average Bonchev–Trinajstić information content (AvgIpc) is 2.04. The molecular weight excluding hydrogens is 142 g/mol. The molecule has 0 aromatic carbocycles. The number of esters is 1. The summed E-state index contributed by atoms with van der Waals surface area (Å²) in [7, 11) is 5.24. The van der Waals surface area contributed by atoms with Crippen molar-refractivity contribution in [2.75, 3.05) is 27.7 Å². The van der Waals surface area contributed by atoms with Gasteiger partial charge in [0.05, 0.1) is 13.5 Å². The quantitative estimate of drug-likeness (QED) is 0.581. The number of carbonyl (C=O) groups excluding carboxylic acids is 1. The minimum absolute atomic E-state index is 0.149. The lowest BCUT2D eigenvalue weighted by Gasteiger charge is -2.06. The van der Waals surface area contributed by atoms with Crippen LogP contribution in [0, 0.1) is 0 Å². The van der Waals surface area contributed by atoms with Gasteiger partial charge in [0.2, 0.25) is 0 Å². The molecule has 3 heteroatoms. The molecule has 0 radical (unpaired) electrons. The first-order valence-electron chi connectivity index (χ1n) is 3.88. The van der Waals surface area contributed by atoms with Crippen molar-refractivity contribution in [1.82, 2.24) is 4.90 Å². The van der Waals surface area contributed by atoms with Crippen molar-refractivity contribution < 1.29 is 9.53 Å². The van der Waals surface area contributed by atoms with E-state index in [4.69, 9.17) is 0 Å². The number of hydrogen-bond acceptors (Lipinski definition) is 3. The molecule has 0 unspecified atom stereocenters. The average molecular weight is 161 g/mol. The number of nitrogens with zero attached hydrogens (tertiary/aromatic N) is 1. The lowest BCUT2D eigenvalue weighted by atomic mass is 10.4. The molecule has 11 heavy (non-hydrogen) atoms. The molecule has 0 aromatic heterocycles. The zero-order valence-electron chi connectivity index (χ0n) is 8.18. The molecule has 0 fully saturated rings. The molecular formula is C8H19NO2. The normalized spacial score (nSPS) is 8.55. The van der Waals surface area contributed by atoms with E-state index in [2.05, 4.69) is 4.74 Å². The third kappa shape index (κ3) is 12.6. The molecule has 0 heterocycles. The van der Waals surface area contributed by atoms with Crippen LogP contribution in [0.15, 0.2) is 0 Å². The van der Waals surface area contributed by atoms with Crippen molar-refractivity contribution in [1.29, 1.82) is 0 Å². The highest BCUT2D eigenvalue weighted by Crippen LogP contribution is 1.84. The van der Waals surface area contributed by atoms with E-state index in [0.29, 0.717) is 6.42 Å². The fraction of sp³-hybridized carbons (Fsp3) is 0.875. The standard InChI is InChI=1S/C6H13NO2.C2H6/c1-7(2)5-4-6(8)9-3;1-2/h4-5H2,1-3H3;1-2H3. The van der Waals surface area contributed by atoms with E-state index < -0.39 is 0 Å². The topological polar surface area (TPSA) is 29.5 Å². The number of hydrogen-bond donors (Lipinski definition) is 0. The van der Waals surface area contributed by atoms with Gasteiger partial charge < -0.3 is 9.64 Å². The monoisotopic (exact) mass is 161 g/mol. The highest BCUT2D eigenvalue weighted by atomic mass is 16.5. The van der Waals surface area contributed by atoms with Crippen LogP contribution >= 0.6 is 0 Å². The molecule has 0 bridgehead atoms. The molecule has 0 N–H and O–H groups in total. The molecule has 0 saturated carbocycles.